The summed E-state index contributed by atoms with van der Waals surface area (Å²) in [6.45, 7) is 6.92. The Morgan fingerprint density at radius 2 is 0.679 bits per heavy atom. The van der Waals surface area contributed by atoms with Gasteiger partial charge in [0.1, 0.15) is 46.5 Å². The van der Waals surface area contributed by atoms with Gasteiger partial charge in [0.05, 0.1) is 31.4 Å². The smallest absolute Gasteiger partial charge is 0.271 e. The van der Waals surface area contributed by atoms with Crippen molar-refractivity contribution in [1.29, 1.82) is 0 Å². The van der Waals surface area contributed by atoms with Crippen LogP contribution in [0.15, 0.2) is 261 Å². The average Bonchev–Trinajstić information content (AvgIpc) is 1.61. The van der Waals surface area contributed by atoms with E-state index in [0.717, 1.165) is 164 Å². The molecule has 8 aromatic carbocycles. The molecule has 2 atom stereocenters. The van der Waals surface area contributed by atoms with Crippen LogP contribution in [-0.4, -0.2) is 138 Å². The summed E-state index contributed by atoms with van der Waals surface area (Å²) in [6, 6.07) is 65.2. The number of sulfone groups is 1. The van der Waals surface area contributed by atoms with Gasteiger partial charge in [-0.2, -0.15) is 34.9 Å². The number of halogens is 7. The van der Waals surface area contributed by atoms with E-state index >= 15 is 0 Å². The van der Waals surface area contributed by atoms with Gasteiger partial charge in [-0.05, 0) is 199 Å². The minimum atomic E-state index is -3.18. The Bertz CT molecular complexity index is 7040. The Balaban J connectivity index is 0.000000167. The first-order chi connectivity index (χ1) is 64.7. The number of anilines is 20. The van der Waals surface area contributed by atoms with Crippen LogP contribution in [0.25, 0.3) is 0 Å². The predicted molar refractivity (Wildman–Crippen MR) is 555 cm³/mol. The number of para-hydroxylation sites is 1. The van der Waals surface area contributed by atoms with E-state index in [2.05, 4.69) is 152 Å². The molecule has 14 heterocycles. The van der Waals surface area contributed by atoms with Crippen LogP contribution in [-0.2, 0) is 61.3 Å². The largest absolute Gasteiger partial charge is 0.368 e. The third kappa shape index (κ3) is 25.0. The fourth-order valence-electron chi connectivity index (χ4n) is 16.9. The second-order valence-electron chi connectivity index (χ2n) is 31.6. The fraction of sp³-hybridized carbons (Fsp3) is 0.183. The molecule has 15 aromatic rings. The van der Waals surface area contributed by atoms with Crippen LogP contribution in [0.2, 0.25) is 0 Å². The molecule has 140 heavy (non-hydrogen) atoms. The van der Waals surface area contributed by atoms with Gasteiger partial charge in [-0.1, -0.05) is 78.9 Å². The molecule has 7 aliphatic rings. The molecule has 0 aliphatic carbocycles. The van der Waals surface area contributed by atoms with Gasteiger partial charge in [0.2, 0.25) is 41.6 Å². The molecule has 22 rings (SSSR count). The molecule has 0 amide bonds. The summed E-state index contributed by atoms with van der Waals surface area (Å²) >= 11 is 0. The summed E-state index contributed by atoms with van der Waals surface area (Å²) in [5.74, 6) is 6.83. The van der Waals surface area contributed by atoms with E-state index in [1.54, 1.807) is 134 Å². The van der Waals surface area contributed by atoms with E-state index < -0.39 is 14.8 Å². The highest BCUT2D eigenvalue weighted by Crippen LogP contribution is 2.46. The number of non-ortho nitro benzene ring substituents is 3. The van der Waals surface area contributed by atoms with Crippen molar-refractivity contribution in [2.24, 2.45) is 0 Å². The molecule has 0 bridgehead atoms. The Morgan fingerprint density at radius 3 is 1.16 bits per heavy atom. The van der Waals surface area contributed by atoms with E-state index in [0.29, 0.717) is 34.2 Å². The number of nitro benzene ring substituents is 3. The molecule has 7 aromatic heterocycles. The Labute approximate surface area is 840 Å². The van der Waals surface area contributed by atoms with Gasteiger partial charge in [0.15, 0.2) is 9.84 Å². The maximum atomic E-state index is 13.1. The molecule has 7 aliphatic heterocycles. The number of nitrogen functional groups attached to an aromatic ring is 7. The predicted octanol–water partition coefficient (Wildman–Crippen LogP) is 16.1. The number of rotatable bonds is 12. The molecule has 47 heteroatoms. The minimum Gasteiger partial charge on any atom is -0.368 e. The number of nitrogens with two attached hydrogens (primary N) is 7. The van der Waals surface area contributed by atoms with Crippen molar-refractivity contribution in [2.75, 3.05) is 113 Å². The Hall–Kier alpha value is -15.7. The number of fused-ring (bicyclic) bond motifs is 7. The summed E-state index contributed by atoms with van der Waals surface area (Å²) in [5.41, 5.74) is 55.8. The summed E-state index contributed by atoms with van der Waals surface area (Å²) < 4.78 is 36.2. The Morgan fingerprint density at radius 1 is 0.329 bits per heavy atom. The van der Waals surface area contributed by atoms with Crippen LogP contribution in [0.5, 0.6) is 0 Å². The van der Waals surface area contributed by atoms with Gasteiger partial charge in [-0.25, -0.2) is 47.7 Å². The minimum absolute atomic E-state index is 0. The summed E-state index contributed by atoms with van der Waals surface area (Å²) in [4.78, 5) is 103. The van der Waals surface area contributed by atoms with Crippen LogP contribution < -0.4 is 74.4 Å². The van der Waals surface area contributed by atoms with E-state index in [4.69, 9.17) is 40.1 Å². The van der Waals surface area contributed by atoms with E-state index in [1.165, 1.54) is 58.5 Å². The molecule has 0 radical (unpaired) electrons. The molecule has 726 valence electrons. The number of aromatic nitrogens is 14. The molecular weight excluding hydrogens is 1940 g/mol. The fourth-order valence-corrected chi connectivity index (χ4v) is 17.6. The van der Waals surface area contributed by atoms with Crippen molar-refractivity contribution in [1.82, 2.24) is 69.8 Å². The molecular formula is C93H96Cl6FN31O8S. The summed E-state index contributed by atoms with van der Waals surface area (Å²) in [7, 11) is -3.18. The lowest BCUT2D eigenvalue weighted by Crippen LogP contribution is -2.31. The van der Waals surface area contributed by atoms with Gasteiger partial charge < -0.3 is 74.4 Å². The summed E-state index contributed by atoms with van der Waals surface area (Å²) in [5, 5.41) is 32.4. The number of hydrogen-bond acceptors (Lipinski definition) is 36. The highest BCUT2D eigenvalue weighted by molar-refractivity contribution is 7.90. The standard InChI is InChI=1S/C18H16N4.C13H13N5O2.C13H14N4O2S.C13H14N4.C12H11FN4.2C12H11N5O2.6ClH/c19-18-20-11-10-17(21-18)22-15-9-5-4-8-14(15)12-16(22)13-6-2-1-3-7-13;1-8-6-9-7-10(18(19)20)2-3-11(9)17(8)12-4-5-15-13(14)16-12;1-20(18,19)10-2-3-11-9(8-10)5-7-17(11)12-4-6-15-13(14)16-12;14-13-15-7-5-12(16-13)17-8-6-10-3-1-2-4-11(10)9-17;13-9-1-2-10-8(7-9)4-6-17(10)11-3-5-15-12(14)16-11;13-12-14-5-3-11(15-12)16-6-4-8-7-9(17(18)19)1-2-10(8)16;13-12-14-5-3-11(15-12)16-6-4-8-1-2-9(17(18)19)7-10(8)16;;;;;;/h1-11,16H,12H2,(H2,19,20,21);2-5,7-8H,6H2,1H3,(H2,14,15,16);2-4,6,8H,5,7H2,1H3,(H2,14,15,16);1-5,7H,6,8-9H2,(H2,14,15,16);1-3,5,7H,4,6H2,(H2,14,15,16);2*1-3,5,7H,4,6H2,(H2,13,14,15);6*1H. The SMILES string of the molecule is CC1Cc2cc([N+](=O)[O-])ccc2N1c1ccnc(N)n1.CS(=O)(=O)c1ccc2c(c1)CCN2c1ccnc(N)n1.Cl.Cl.Cl.Cl.Cl.Cl.Nc1nccc(N2CCc3cc(F)ccc32)n1.Nc1nccc(N2CCc3cc([N+](=O)[O-])ccc32)n1.Nc1nccc(N2CCc3ccc([N+](=O)[O-])cc32)n1.Nc1nccc(N2CCc3ccccc3C2)n1.Nc1nccc(N2c3ccccc3CC2c2ccccc2)n1. The van der Waals surface area contributed by atoms with Gasteiger partial charge in [-0.15, -0.1) is 74.4 Å². The lowest BCUT2D eigenvalue weighted by molar-refractivity contribution is -0.385. The second kappa shape index (κ2) is 47.4. The van der Waals surface area contributed by atoms with Crippen LogP contribution >= 0.6 is 74.4 Å². The molecule has 14 N–H and O–H groups in total. The zero-order valence-corrected chi connectivity index (χ0v) is 80.6. The van der Waals surface area contributed by atoms with Crippen LogP contribution in [0.4, 0.5) is 138 Å². The van der Waals surface area contributed by atoms with Crippen LogP contribution in [0, 0.1) is 36.2 Å². The topological polar surface area (TPSA) is 549 Å². The molecule has 0 saturated carbocycles. The quantitative estimate of drug-likeness (QED) is 0.0441. The average molecular weight is 2040 g/mol. The van der Waals surface area contributed by atoms with E-state index in [-0.39, 0.29) is 149 Å². The van der Waals surface area contributed by atoms with Crippen molar-refractivity contribution in [3.05, 3.63) is 342 Å². The van der Waals surface area contributed by atoms with Gasteiger partial charge in [0.25, 0.3) is 17.1 Å². The highest BCUT2D eigenvalue weighted by atomic mass is 35.5. The van der Waals surface area contributed by atoms with E-state index in [1.807, 2.05) is 55.7 Å². The molecule has 0 saturated heterocycles. The van der Waals surface area contributed by atoms with Crippen molar-refractivity contribution in [3.63, 3.8) is 0 Å². The molecule has 39 nitrogen and oxygen atoms in total. The monoisotopic (exact) mass is 2040 g/mol. The normalized spacial score (nSPS) is 14.2. The zero-order chi connectivity index (χ0) is 93.8. The number of benzene rings is 8. The summed E-state index contributed by atoms with van der Waals surface area (Å²) in [6.07, 6.45) is 18.6. The molecule has 2 unspecified atom stereocenters. The number of nitrogens with zero attached hydrogens (tertiary/aromatic N) is 24. The van der Waals surface area contributed by atoms with Crippen molar-refractivity contribution in [3.8, 4) is 0 Å². The van der Waals surface area contributed by atoms with Gasteiger partial charge >= 0.3 is 0 Å². The first-order valence-corrected chi connectivity index (χ1v) is 44.3. The number of nitro groups is 3. The third-order valence-electron chi connectivity index (χ3n) is 23.0. The lowest BCUT2D eigenvalue weighted by atomic mass is 10.00. The third-order valence-corrected chi connectivity index (χ3v) is 24.1. The van der Waals surface area contributed by atoms with Crippen molar-refractivity contribution < 1.29 is 27.6 Å². The maximum absolute atomic E-state index is 13.1. The lowest BCUT2D eigenvalue weighted by Gasteiger charge is -2.29. The zero-order valence-electron chi connectivity index (χ0n) is 74.9. The second-order valence-corrected chi connectivity index (χ2v) is 33.6. The van der Waals surface area contributed by atoms with Crippen LogP contribution in [0.1, 0.15) is 63.0 Å². The van der Waals surface area contributed by atoms with Crippen LogP contribution in [0.3, 0.4) is 0 Å². The van der Waals surface area contributed by atoms with Crippen molar-refractivity contribution >= 4 is 218 Å². The maximum Gasteiger partial charge on any atom is 0.271 e. The number of hydrogen-bond donors (Lipinski definition) is 7. The van der Waals surface area contributed by atoms with Gasteiger partial charge in [0, 0.05) is 160 Å². The first kappa shape index (κ1) is 106. The van der Waals surface area contributed by atoms with E-state index in [9.17, 15) is 43.2 Å². The first-order valence-electron chi connectivity index (χ1n) is 42.4. The Kier molecular flexibility index (Phi) is 36.0. The molecule has 0 fully saturated rings. The van der Waals surface area contributed by atoms with Gasteiger partial charge in [-0.3, -0.25) is 30.3 Å². The molecule has 0 spiro atoms. The highest BCUT2D eigenvalue weighted by Gasteiger charge is 2.35. The van der Waals surface area contributed by atoms with Crippen molar-refractivity contribution in [2.45, 2.75) is 75.4 Å².